The molecule has 0 spiro atoms. The quantitative estimate of drug-likeness (QED) is 0.701. The fourth-order valence-corrected chi connectivity index (χ4v) is 4.61. The lowest BCUT2D eigenvalue weighted by atomic mass is 9.93. The minimum absolute atomic E-state index is 0.180. The van der Waals surface area contributed by atoms with Crippen LogP contribution in [0.1, 0.15) is 33.3 Å². The number of nitrogens with zero attached hydrogens (tertiary/aromatic N) is 1. The van der Waals surface area contributed by atoms with Crippen molar-refractivity contribution >= 4 is 13.8 Å². The molecular weight excluding hydrogens is 317 g/mol. The number of carbonyl (C=O) groups excluding carboxylic acids is 1. The molecule has 7 heteroatoms. The Morgan fingerprint density at radius 3 is 2.26 bits per heavy atom. The van der Waals surface area contributed by atoms with E-state index in [1.165, 1.54) is 0 Å². The summed E-state index contributed by atoms with van der Waals surface area (Å²) in [5.41, 5.74) is 0.227. The van der Waals surface area contributed by atoms with Crippen LogP contribution in [0.15, 0.2) is 30.3 Å². The van der Waals surface area contributed by atoms with Crippen molar-refractivity contribution in [2.24, 2.45) is 0 Å². The van der Waals surface area contributed by atoms with Gasteiger partial charge in [0.15, 0.2) is 0 Å². The lowest BCUT2D eigenvalue weighted by Crippen LogP contribution is -2.42. The lowest BCUT2D eigenvalue weighted by molar-refractivity contribution is 0.0677. The summed E-state index contributed by atoms with van der Waals surface area (Å²) < 4.78 is 30.4. The number of ether oxygens (including phenoxy) is 1. The van der Waals surface area contributed by atoms with Gasteiger partial charge in [0.2, 0.25) is 0 Å². The summed E-state index contributed by atoms with van der Waals surface area (Å²) in [6.07, 6.45) is -0.162. The third-order valence-electron chi connectivity index (χ3n) is 3.76. The van der Waals surface area contributed by atoms with Crippen molar-refractivity contribution in [3.8, 4) is 0 Å². The van der Waals surface area contributed by atoms with Crippen LogP contribution in [0.25, 0.3) is 0 Å². The van der Waals surface area contributed by atoms with Gasteiger partial charge in [-0.3, -0.25) is 9.05 Å². The fraction of sp³-hybridized carbons (Fsp3) is 0.562. The van der Waals surface area contributed by atoms with Crippen LogP contribution in [-0.2, 0) is 24.8 Å². The van der Waals surface area contributed by atoms with E-state index in [1.807, 2.05) is 30.3 Å². The topological polar surface area (TPSA) is 65.1 Å². The number of hydrogen-bond acceptors (Lipinski definition) is 5. The Morgan fingerprint density at radius 2 is 1.74 bits per heavy atom. The summed E-state index contributed by atoms with van der Waals surface area (Å²) in [4.78, 5) is 12.4. The number of benzene rings is 1. The summed E-state index contributed by atoms with van der Waals surface area (Å²) in [5.74, 6) is 0. The minimum atomic E-state index is -3.74. The van der Waals surface area contributed by atoms with Gasteiger partial charge in [0.1, 0.15) is 5.60 Å². The molecule has 1 aromatic carbocycles. The van der Waals surface area contributed by atoms with Crippen LogP contribution in [0, 0.1) is 0 Å². The second-order valence-corrected chi connectivity index (χ2v) is 7.71. The van der Waals surface area contributed by atoms with Gasteiger partial charge in [0.25, 0.3) is 0 Å². The summed E-state index contributed by atoms with van der Waals surface area (Å²) >= 11 is 0. The number of amides is 1. The summed E-state index contributed by atoms with van der Waals surface area (Å²) in [6, 6.07) is 9.26. The van der Waals surface area contributed by atoms with Crippen LogP contribution in [0.5, 0.6) is 0 Å². The maximum atomic E-state index is 13.1. The number of carbonyl (C=O) groups is 1. The molecule has 2 rings (SSSR count). The molecule has 1 atom stereocenters. The molecule has 1 fully saturated rings. The van der Waals surface area contributed by atoms with Crippen LogP contribution in [0.4, 0.5) is 4.79 Å². The Balaban J connectivity index is 2.37. The van der Waals surface area contributed by atoms with Gasteiger partial charge in [-0.25, -0.2) is 14.0 Å². The first kappa shape index (κ1) is 18.0. The molecule has 0 N–H and O–H groups in total. The van der Waals surface area contributed by atoms with E-state index in [-0.39, 0.29) is 13.2 Å². The highest BCUT2D eigenvalue weighted by Gasteiger charge is 2.56. The Labute approximate surface area is 137 Å². The van der Waals surface area contributed by atoms with Gasteiger partial charge in [-0.15, -0.1) is 0 Å². The zero-order chi connectivity index (χ0) is 17.1. The van der Waals surface area contributed by atoms with Crippen molar-refractivity contribution in [2.75, 3.05) is 13.2 Å². The molecule has 0 radical (unpaired) electrons. The van der Waals surface area contributed by atoms with Crippen molar-refractivity contribution in [3.63, 3.8) is 0 Å². The molecule has 0 saturated carbocycles. The van der Waals surface area contributed by atoms with Crippen LogP contribution < -0.4 is 0 Å². The average molecular weight is 341 g/mol. The number of rotatable bonds is 7. The van der Waals surface area contributed by atoms with E-state index >= 15 is 0 Å². The van der Waals surface area contributed by atoms with Gasteiger partial charge in [-0.05, 0) is 39.7 Å². The van der Waals surface area contributed by atoms with E-state index in [4.69, 9.17) is 13.8 Å². The Bertz CT molecular complexity index is 579. The highest BCUT2D eigenvalue weighted by molar-refractivity contribution is 7.52. The van der Waals surface area contributed by atoms with Crippen molar-refractivity contribution in [1.82, 2.24) is 4.67 Å². The molecule has 0 aliphatic carbocycles. The van der Waals surface area contributed by atoms with Crippen LogP contribution in [-0.4, -0.2) is 35.6 Å². The van der Waals surface area contributed by atoms with Gasteiger partial charge in [-0.2, -0.15) is 0 Å². The van der Waals surface area contributed by atoms with Crippen molar-refractivity contribution in [3.05, 3.63) is 35.9 Å². The first-order valence-electron chi connectivity index (χ1n) is 7.79. The molecule has 6 nitrogen and oxygen atoms in total. The molecule has 0 aromatic heterocycles. The van der Waals surface area contributed by atoms with E-state index < -0.39 is 25.5 Å². The smallest absolute Gasteiger partial charge is 0.440 e. The maximum absolute atomic E-state index is 13.1. The molecule has 0 bridgehead atoms. The zero-order valence-electron chi connectivity index (χ0n) is 14.0. The van der Waals surface area contributed by atoms with Crippen molar-refractivity contribution < 1.29 is 23.1 Å². The van der Waals surface area contributed by atoms with Gasteiger partial charge in [-0.1, -0.05) is 30.3 Å². The molecule has 1 aromatic rings. The fourth-order valence-electron chi connectivity index (χ4n) is 2.69. The maximum Gasteiger partial charge on any atom is 0.440 e. The molecule has 1 saturated heterocycles. The molecule has 1 aliphatic heterocycles. The molecule has 128 valence electrons. The largest absolute Gasteiger partial charge is 0.441 e. The molecule has 1 amide bonds. The van der Waals surface area contributed by atoms with Crippen LogP contribution >= 0.6 is 7.75 Å². The predicted molar refractivity (Wildman–Crippen MR) is 87.2 cm³/mol. The second kappa shape index (κ2) is 7.04. The molecule has 23 heavy (non-hydrogen) atoms. The summed E-state index contributed by atoms with van der Waals surface area (Å²) in [6.45, 7) is 7.40. The Morgan fingerprint density at radius 1 is 1.17 bits per heavy atom. The van der Waals surface area contributed by atoms with E-state index in [2.05, 4.69) is 0 Å². The second-order valence-electron chi connectivity index (χ2n) is 5.83. The first-order valence-corrected chi connectivity index (χ1v) is 9.29. The molecule has 1 aliphatic rings. The minimum Gasteiger partial charge on any atom is -0.441 e. The van der Waals surface area contributed by atoms with Gasteiger partial charge in [0, 0.05) is 0 Å². The Kier molecular flexibility index (Phi) is 5.50. The lowest BCUT2D eigenvalue weighted by Gasteiger charge is -2.32. The molecular formula is C16H24NO5P. The predicted octanol–water partition coefficient (Wildman–Crippen LogP) is 4.01. The SMILES string of the molecule is CCOP(=O)(OCC)N1C(=O)OC(C)(C)[C@@H]1Cc1ccccc1. The standard InChI is InChI=1S/C16H24NO5P/c1-5-20-23(19,21-6-2)17-14(16(3,4)22-15(17)18)12-13-10-8-7-9-11-13/h7-11,14H,5-6,12H2,1-4H3/t14-/m0/s1. The Hall–Kier alpha value is -1.36. The van der Waals surface area contributed by atoms with Gasteiger partial charge < -0.3 is 4.74 Å². The molecule has 0 unspecified atom stereocenters. The van der Waals surface area contributed by atoms with E-state index in [1.54, 1.807) is 27.7 Å². The number of cyclic esters (lactones) is 1. The van der Waals surface area contributed by atoms with E-state index in [9.17, 15) is 9.36 Å². The molecule has 1 heterocycles. The van der Waals surface area contributed by atoms with Crippen molar-refractivity contribution in [1.29, 1.82) is 0 Å². The third-order valence-corrected chi connectivity index (χ3v) is 5.89. The summed E-state index contributed by atoms with van der Waals surface area (Å²) in [7, 11) is -3.74. The van der Waals surface area contributed by atoms with E-state index in [0.717, 1.165) is 10.2 Å². The summed E-state index contributed by atoms with van der Waals surface area (Å²) in [5, 5.41) is 0. The average Bonchev–Trinajstić information content (AvgIpc) is 2.70. The third kappa shape index (κ3) is 3.77. The van der Waals surface area contributed by atoms with Gasteiger partial charge >= 0.3 is 13.8 Å². The van der Waals surface area contributed by atoms with Gasteiger partial charge in [0.05, 0.1) is 19.3 Å². The van der Waals surface area contributed by atoms with Crippen molar-refractivity contribution in [2.45, 2.75) is 45.8 Å². The monoisotopic (exact) mass is 341 g/mol. The zero-order valence-corrected chi connectivity index (χ0v) is 14.9. The first-order chi connectivity index (χ1) is 10.8. The van der Waals surface area contributed by atoms with Crippen LogP contribution in [0.2, 0.25) is 0 Å². The number of hydrogen-bond donors (Lipinski definition) is 0. The van der Waals surface area contributed by atoms with Crippen LogP contribution in [0.3, 0.4) is 0 Å². The highest BCUT2D eigenvalue weighted by atomic mass is 31.2. The van der Waals surface area contributed by atoms with E-state index in [0.29, 0.717) is 6.42 Å². The highest BCUT2D eigenvalue weighted by Crippen LogP contribution is 2.57. The normalized spacial score (nSPS) is 20.6.